The number of hydrogen-bond acceptors (Lipinski definition) is 4. The van der Waals surface area contributed by atoms with Gasteiger partial charge in [-0.3, -0.25) is 9.78 Å². The second-order valence-electron chi connectivity index (χ2n) is 6.20. The van der Waals surface area contributed by atoms with Gasteiger partial charge in [-0.2, -0.15) is 0 Å². The fourth-order valence-corrected chi connectivity index (χ4v) is 4.28. The van der Waals surface area contributed by atoms with Crippen molar-refractivity contribution in [1.29, 1.82) is 0 Å². The van der Waals surface area contributed by atoms with Gasteiger partial charge in [0.15, 0.2) is 0 Å². The number of carbonyl (C=O) groups excluding carboxylic acids is 1. The van der Waals surface area contributed by atoms with E-state index in [1.807, 2.05) is 25.1 Å². The van der Waals surface area contributed by atoms with Gasteiger partial charge in [-0.1, -0.05) is 6.07 Å². The van der Waals surface area contributed by atoms with Crippen LogP contribution in [0.1, 0.15) is 25.1 Å². The molecule has 1 atom stereocenters. The maximum atomic E-state index is 12.5. The van der Waals surface area contributed by atoms with Gasteiger partial charge in [0.1, 0.15) is 0 Å². The zero-order valence-electron chi connectivity index (χ0n) is 14.3. The molecule has 2 aromatic rings. The maximum absolute atomic E-state index is 12.5. The Morgan fingerprint density at radius 3 is 2.80 bits per heavy atom. The number of rotatable bonds is 5. The van der Waals surface area contributed by atoms with Crippen molar-refractivity contribution in [3.63, 3.8) is 0 Å². The fraction of sp³-hybridized carbons (Fsp3) is 0.333. The van der Waals surface area contributed by atoms with Crippen molar-refractivity contribution in [2.45, 2.75) is 37.6 Å². The first-order valence-electron chi connectivity index (χ1n) is 8.21. The molecule has 1 aromatic carbocycles. The molecule has 25 heavy (non-hydrogen) atoms. The molecule has 0 bridgehead atoms. The monoisotopic (exact) mass is 359 g/mol. The zero-order valence-corrected chi connectivity index (χ0v) is 15.1. The summed E-state index contributed by atoms with van der Waals surface area (Å²) in [5.74, 6) is -0.0321. The number of amides is 1. The number of anilines is 1. The minimum absolute atomic E-state index is 0.0321. The molecule has 0 fully saturated rings. The van der Waals surface area contributed by atoms with Gasteiger partial charge in [-0.05, 0) is 49.2 Å². The van der Waals surface area contributed by atoms with E-state index in [-0.39, 0.29) is 23.4 Å². The third-order valence-electron chi connectivity index (χ3n) is 4.32. The lowest BCUT2D eigenvalue weighted by Crippen LogP contribution is -2.33. The van der Waals surface area contributed by atoms with Crippen LogP contribution in [0, 0.1) is 0 Å². The van der Waals surface area contributed by atoms with E-state index >= 15 is 0 Å². The highest BCUT2D eigenvalue weighted by Gasteiger charge is 2.30. The Balaban J connectivity index is 1.73. The topological polar surface area (TPSA) is 79.4 Å². The van der Waals surface area contributed by atoms with Crippen LogP contribution in [-0.4, -0.2) is 31.9 Å². The standard InChI is InChI=1S/C18H21N3O3S/c1-13-11-15-12-17(6-7-18(15)21(13)14(2)22)25(23,24)20-10-8-16-5-3-4-9-19-16/h3-7,9,12-13,20H,8,10-11H2,1-2H3. The third-order valence-corrected chi connectivity index (χ3v) is 5.77. The number of fused-ring (bicyclic) bond motifs is 1. The molecule has 2 heterocycles. The lowest BCUT2D eigenvalue weighted by molar-refractivity contribution is -0.116. The molecule has 0 saturated carbocycles. The summed E-state index contributed by atoms with van der Waals surface area (Å²) in [5.41, 5.74) is 2.52. The van der Waals surface area contributed by atoms with Gasteiger partial charge in [0.05, 0.1) is 4.90 Å². The van der Waals surface area contributed by atoms with Gasteiger partial charge < -0.3 is 4.90 Å². The molecule has 0 radical (unpaired) electrons. The van der Waals surface area contributed by atoms with Crippen molar-refractivity contribution < 1.29 is 13.2 Å². The number of pyridine rings is 1. The lowest BCUT2D eigenvalue weighted by Gasteiger charge is -2.20. The number of nitrogens with zero attached hydrogens (tertiary/aromatic N) is 2. The minimum atomic E-state index is -3.59. The zero-order chi connectivity index (χ0) is 18.0. The molecule has 1 N–H and O–H groups in total. The van der Waals surface area contributed by atoms with E-state index in [0.717, 1.165) is 16.9 Å². The lowest BCUT2D eigenvalue weighted by atomic mass is 10.1. The highest BCUT2D eigenvalue weighted by atomic mass is 32.2. The van der Waals surface area contributed by atoms with Gasteiger partial charge in [-0.15, -0.1) is 0 Å². The van der Waals surface area contributed by atoms with Crippen LogP contribution in [0.25, 0.3) is 0 Å². The molecule has 132 valence electrons. The smallest absolute Gasteiger partial charge is 0.240 e. The number of sulfonamides is 1. The molecule has 6 nitrogen and oxygen atoms in total. The summed E-state index contributed by atoms with van der Waals surface area (Å²) in [6.45, 7) is 3.77. The maximum Gasteiger partial charge on any atom is 0.240 e. The molecule has 1 amide bonds. The van der Waals surface area contributed by atoms with Crippen molar-refractivity contribution in [3.8, 4) is 0 Å². The summed E-state index contributed by atoms with van der Waals surface area (Å²) >= 11 is 0. The van der Waals surface area contributed by atoms with Gasteiger partial charge in [-0.25, -0.2) is 13.1 Å². The molecule has 1 aliphatic heterocycles. The van der Waals surface area contributed by atoms with Gasteiger partial charge in [0.25, 0.3) is 0 Å². The number of carbonyl (C=O) groups is 1. The van der Waals surface area contributed by atoms with Crippen LogP contribution in [0.15, 0.2) is 47.5 Å². The normalized spacial score (nSPS) is 16.7. The Labute approximate surface area is 147 Å². The van der Waals surface area contributed by atoms with E-state index in [1.54, 1.807) is 29.3 Å². The predicted molar refractivity (Wildman–Crippen MR) is 95.9 cm³/mol. The van der Waals surface area contributed by atoms with Crippen molar-refractivity contribution in [3.05, 3.63) is 53.9 Å². The molecule has 1 unspecified atom stereocenters. The van der Waals surface area contributed by atoms with Crippen LogP contribution in [0.2, 0.25) is 0 Å². The minimum Gasteiger partial charge on any atom is -0.309 e. The Morgan fingerprint density at radius 1 is 1.32 bits per heavy atom. The number of hydrogen-bond donors (Lipinski definition) is 1. The largest absolute Gasteiger partial charge is 0.309 e. The van der Waals surface area contributed by atoms with Crippen molar-refractivity contribution in [2.75, 3.05) is 11.4 Å². The predicted octanol–water partition coefficient (Wildman–Crippen LogP) is 1.90. The SMILES string of the molecule is CC(=O)N1c2ccc(S(=O)(=O)NCCc3ccccn3)cc2CC1C. The number of benzene rings is 1. The molecule has 7 heteroatoms. The molecular weight excluding hydrogens is 338 g/mol. The quantitative estimate of drug-likeness (QED) is 0.884. The van der Waals surface area contributed by atoms with Crippen LogP contribution < -0.4 is 9.62 Å². The Kier molecular flexibility index (Phi) is 4.87. The Hall–Kier alpha value is -2.25. The highest BCUT2D eigenvalue weighted by Crippen LogP contribution is 2.33. The summed E-state index contributed by atoms with van der Waals surface area (Å²) in [6, 6.07) is 10.5. The molecular formula is C18H21N3O3S. The highest BCUT2D eigenvalue weighted by molar-refractivity contribution is 7.89. The summed E-state index contributed by atoms with van der Waals surface area (Å²) < 4.78 is 27.6. The third kappa shape index (κ3) is 3.72. The Bertz CT molecular complexity index is 882. The molecule has 0 spiro atoms. The van der Waals surface area contributed by atoms with E-state index in [4.69, 9.17) is 0 Å². The summed E-state index contributed by atoms with van der Waals surface area (Å²) in [7, 11) is -3.59. The van der Waals surface area contributed by atoms with Crippen molar-refractivity contribution in [2.24, 2.45) is 0 Å². The first-order valence-corrected chi connectivity index (χ1v) is 9.69. The molecule has 0 saturated heterocycles. The van der Waals surface area contributed by atoms with E-state index < -0.39 is 10.0 Å². The summed E-state index contributed by atoms with van der Waals surface area (Å²) in [5, 5.41) is 0. The average molecular weight is 359 g/mol. The van der Waals surface area contributed by atoms with Crippen molar-refractivity contribution in [1.82, 2.24) is 9.71 Å². The Morgan fingerprint density at radius 2 is 2.12 bits per heavy atom. The second-order valence-corrected chi connectivity index (χ2v) is 7.97. The van der Waals surface area contributed by atoms with Crippen LogP contribution in [0.3, 0.4) is 0 Å². The molecule has 0 aliphatic carbocycles. The van der Waals surface area contributed by atoms with Gasteiger partial charge in [0.2, 0.25) is 15.9 Å². The second kappa shape index (κ2) is 6.93. The van der Waals surface area contributed by atoms with Crippen LogP contribution >= 0.6 is 0 Å². The van der Waals surface area contributed by atoms with E-state index in [9.17, 15) is 13.2 Å². The van der Waals surface area contributed by atoms with Gasteiger partial charge >= 0.3 is 0 Å². The van der Waals surface area contributed by atoms with E-state index in [2.05, 4.69) is 9.71 Å². The first kappa shape index (κ1) is 17.6. The van der Waals surface area contributed by atoms with Gasteiger partial charge in [0, 0.05) is 43.5 Å². The van der Waals surface area contributed by atoms with Crippen LogP contribution in [0.4, 0.5) is 5.69 Å². The number of aromatic nitrogens is 1. The van der Waals surface area contributed by atoms with E-state index in [1.165, 1.54) is 6.92 Å². The molecule has 3 rings (SSSR count). The summed E-state index contributed by atoms with van der Waals surface area (Å²) in [4.78, 5) is 17.9. The van der Waals surface area contributed by atoms with Crippen LogP contribution in [0.5, 0.6) is 0 Å². The van der Waals surface area contributed by atoms with E-state index in [0.29, 0.717) is 12.8 Å². The fourth-order valence-electron chi connectivity index (χ4n) is 3.20. The summed E-state index contributed by atoms with van der Waals surface area (Å²) in [6.07, 6.45) is 2.87. The average Bonchev–Trinajstić information content (AvgIpc) is 2.90. The van der Waals surface area contributed by atoms with Crippen molar-refractivity contribution >= 4 is 21.6 Å². The molecule has 1 aromatic heterocycles. The van der Waals surface area contributed by atoms with Crippen LogP contribution in [-0.2, 0) is 27.7 Å². The molecule has 1 aliphatic rings. The first-order chi connectivity index (χ1) is 11.9. The number of nitrogens with one attached hydrogen (secondary N) is 1.